The van der Waals surface area contributed by atoms with Crippen molar-refractivity contribution in [1.29, 1.82) is 0 Å². The Morgan fingerprint density at radius 1 is 1.22 bits per heavy atom. The van der Waals surface area contributed by atoms with Crippen LogP contribution in [-0.4, -0.2) is 23.3 Å². The lowest BCUT2D eigenvalue weighted by molar-refractivity contribution is 0.202. The van der Waals surface area contributed by atoms with Gasteiger partial charge in [0.2, 0.25) is 0 Å². The Hall–Kier alpha value is -1.43. The van der Waals surface area contributed by atoms with Crippen LogP contribution in [0.25, 0.3) is 20.1 Å². The highest BCUT2D eigenvalue weighted by atomic mass is 32.1. The van der Waals surface area contributed by atoms with Gasteiger partial charge >= 0.3 is 0 Å². The summed E-state index contributed by atoms with van der Waals surface area (Å²) in [5.41, 5.74) is 0.874. The summed E-state index contributed by atoms with van der Waals surface area (Å²) in [5.74, 6) is 0.737. The summed E-state index contributed by atoms with van der Waals surface area (Å²) in [6.45, 7) is 0.309. The lowest BCUT2D eigenvalue weighted by Crippen LogP contribution is -2.01. The van der Waals surface area contributed by atoms with E-state index in [0.29, 0.717) is 6.61 Å². The zero-order chi connectivity index (χ0) is 12.4. The van der Waals surface area contributed by atoms with Gasteiger partial charge in [-0.3, -0.25) is 0 Å². The van der Waals surface area contributed by atoms with E-state index in [1.807, 2.05) is 29.6 Å². The summed E-state index contributed by atoms with van der Waals surface area (Å²) in [4.78, 5) is 5.80. The van der Waals surface area contributed by atoms with Crippen molar-refractivity contribution in [2.75, 3.05) is 13.2 Å². The van der Waals surface area contributed by atoms with Gasteiger partial charge in [0.05, 0.1) is 16.2 Å². The minimum atomic E-state index is 0.0122. The zero-order valence-electron chi connectivity index (χ0n) is 9.50. The number of thiophene rings is 1. The third-order valence-electron chi connectivity index (χ3n) is 2.46. The number of hydrogen-bond donors (Lipinski definition) is 1. The summed E-state index contributed by atoms with van der Waals surface area (Å²) in [6, 6.07) is 9.96. The fourth-order valence-electron chi connectivity index (χ4n) is 1.70. The predicted molar refractivity (Wildman–Crippen MR) is 75.5 cm³/mol. The van der Waals surface area contributed by atoms with Gasteiger partial charge in [0.1, 0.15) is 22.9 Å². The molecule has 5 heteroatoms. The fraction of sp³-hybridized carbons (Fsp3) is 0.154. The van der Waals surface area contributed by atoms with Gasteiger partial charge < -0.3 is 9.84 Å². The number of thiazole rings is 1. The number of aliphatic hydroxyl groups is 1. The van der Waals surface area contributed by atoms with Crippen molar-refractivity contribution in [2.45, 2.75) is 0 Å². The van der Waals surface area contributed by atoms with Crippen molar-refractivity contribution in [1.82, 2.24) is 4.98 Å². The second kappa shape index (κ2) is 5.06. The molecule has 18 heavy (non-hydrogen) atoms. The van der Waals surface area contributed by atoms with E-state index in [1.54, 1.807) is 22.7 Å². The fourth-order valence-corrected chi connectivity index (χ4v) is 3.48. The van der Waals surface area contributed by atoms with E-state index < -0.39 is 0 Å². The number of fused-ring (bicyclic) bond motifs is 1. The average Bonchev–Trinajstić information content (AvgIpc) is 3.03. The Bertz CT molecular complexity index is 646. The Morgan fingerprint density at radius 2 is 2.17 bits per heavy atom. The number of ether oxygens (including phenoxy) is 1. The van der Waals surface area contributed by atoms with Crippen molar-refractivity contribution in [3.63, 3.8) is 0 Å². The predicted octanol–water partition coefficient (Wildman–Crippen LogP) is 3.40. The van der Waals surface area contributed by atoms with Crippen LogP contribution in [0.4, 0.5) is 0 Å². The second-order valence-corrected chi connectivity index (χ2v) is 5.65. The van der Waals surface area contributed by atoms with E-state index in [0.717, 1.165) is 21.0 Å². The molecule has 2 aromatic heterocycles. The van der Waals surface area contributed by atoms with Gasteiger partial charge in [-0.25, -0.2) is 4.98 Å². The maximum absolute atomic E-state index is 8.81. The Kier molecular flexibility index (Phi) is 3.27. The van der Waals surface area contributed by atoms with Gasteiger partial charge in [-0.15, -0.1) is 22.7 Å². The Morgan fingerprint density at radius 3 is 2.94 bits per heavy atom. The molecule has 0 aliphatic heterocycles. The highest BCUT2D eigenvalue weighted by Gasteiger charge is 2.10. The van der Waals surface area contributed by atoms with E-state index in [4.69, 9.17) is 9.84 Å². The highest BCUT2D eigenvalue weighted by molar-refractivity contribution is 7.25. The molecule has 0 bridgehead atoms. The molecule has 3 rings (SSSR count). The Labute approximate surface area is 112 Å². The van der Waals surface area contributed by atoms with Crippen molar-refractivity contribution in [2.24, 2.45) is 0 Å². The molecular weight excluding hydrogens is 266 g/mol. The molecule has 0 spiro atoms. The number of rotatable bonds is 4. The quantitative estimate of drug-likeness (QED) is 0.794. The molecule has 0 fully saturated rings. The third-order valence-corrected chi connectivity index (χ3v) is 4.52. The number of hydrogen-bond acceptors (Lipinski definition) is 5. The molecule has 92 valence electrons. The lowest BCUT2D eigenvalue weighted by atomic mass is 10.3. The topological polar surface area (TPSA) is 42.4 Å². The van der Waals surface area contributed by atoms with Crippen LogP contribution in [0.5, 0.6) is 5.75 Å². The molecule has 3 aromatic rings. The zero-order valence-corrected chi connectivity index (χ0v) is 11.1. The molecule has 2 heterocycles. The van der Waals surface area contributed by atoms with Crippen molar-refractivity contribution < 1.29 is 9.84 Å². The smallest absolute Gasteiger partial charge is 0.146 e. The number of nitrogens with zero attached hydrogens (tertiary/aromatic N) is 1. The van der Waals surface area contributed by atoms with Gasteiger partial charge in [-0.2, -0.15) is 0 Å². The maximum atomic E-state index is 8.81. The van der Waals surface area contributed by atoms with Crippen molar-refractivity contribution >= 4 is 32.9 Å². The molecule has 0 saturated carbocycles. The van der Waals surface area contributed by atoms with Gasteiger partial charge in [0, 0.05) is 0 Å². The monoisotopic (exact) mass is 277 g/mol. The molecule has 0 amide bonds. The van der Waals surface area contributed by atoms with E-state index >= 15 is 0 Å². The standard InChI is InChI=1S/C13H11NO2S2/c15-6-7-16-9-3-1-4-10-12(9)14-13(18-10)11-5-2-8-17-11/h1-5,8,15H,6-7H2. The Balaban J connectivity index is 2.06. The van der Waals surface area contributed by atoms with Crippen molar-refractivity contribution in [3.8, 4) is 15.6 Å². The third kappa shape index (κ3) is 2.12. The van der Waals surface area contributed by atoms with Crippen LogP contribution >= 0.6 is 22.7 Å². The van der Waals surface area contributed by atoms with E-state index in [-0.39, 0.29) is 6.61 Å². The van der Waals surface area contributed by atoms with E-state index in [1.165, 1.54) is 4.88 Å². The van der Waals surface area contributed by atoms with Crippen LogP contribution in [0.2, 0.25) is 0 Å². The van der Waals surface area contributed by atoms with Gasteiger partial charge in [0.25, 0.3) is 0 Å². The van der Waals surface area contributed by atoms with Gasteiger partial charge in [-0.05, 0) is 23.6 Å². The molecule has 1 aromatic carbocycles. The summed E-state index contributed by atoms with van der Waals surface area (Å²) in [7, 11) is 0. The summed E-state index contributed by atoms with van der Waals surface area (Å²) >= 11 is 3.34. The molecule has 0 atom stereocenters. The largest absolute Gasteiger partial charge is 0.489 e. The molecule has 0 radical (unpaired) electrons. The first-order chi connectivity index (χ1) is 8.88. The van der Waals surface area contributed by atoms with Crippen LogP contribution in [0.1, 0.15) is 0 Å². The average molecular weight is 277 g/mol. The molecule has 0 aliphatic carbocycles. The second-order valence-electron chi connectivity index (χ2n) is 3.67. The molecule has 0 saturated heterocycles. The summed E-state index contributed by atoms with van der Waals surface area (Å²) in [6.07, 6.45) is 0. The first kappa shape index (κ1) is 11.6. The van der Waals surface area contributed by atoms with E-state index in [9.17, 15) is 0 Å². The number of para-hydroxylation sites is 1. The minimum Gasteiger partial charge on any atom is -0.489 e. The van der Waals surface area contributed by atoms with Crippen LogP contribution in [0.3, 0.4) is 0 Å². The number of aromatic nitrogens is 1. The first-order valence-corrected chi connectivity index (χ1v) is 7.25. The lowest BCUT2D eigenvalue weighted by Gasteiger charge is -2.03. The van der Waals surface area contributed by atoms with Gasteiger partial charge in [-0.1, -0.05) is 12.1 Å². The van der Waals surface area contributed by atoms with E-state index in [2.05, 4.69) is 11.1 Å². The van der Waals surface area contributed by atoms with Crippen LogP contribution < -0.4 is 4.74 Å². The molecule has 1 N–H and O–H groups in total. The first-order valence-electron chi connectivity index (χ1n) is 5.55. The molecule has 3 nitrogen and oxygen atoms in total. The summed E-state index contributed by atoms with van der Waals surface area (Å²) in [5, 5.41) is 11.9. The number of aliphatic hydroxyl groups excluding tert-OH is 1. The van der Waals surface area contributed by atoms with Crippen LogP contribution in [0.15, 0.2) is 35.7 Å². The normalized spacial score (nSPS) is 10.9. The van der Waals surface area contributed by atoms with Crippen molar-refractivity contribution in [3.05, 3.63) is 35.7 Å². The highest BCUT2D eigenvalue weighted by Crippen LogP contribution is 2.36. The summed E-state index contributed by atoms with van der Waals surface area (Å²) < 4.78 is 6.60. The number of benzene rings is 1. The SMILES string of the molecule is OCCOc1cccc2sc(-c3cccs3)nc12. The molecule has 0 aliphatic rings. The van der Waals surface area contributed by atoms with Crippen LogP contribution in [0, 0.1) is 0 Å². The minimum absolute atomic E-state index is 0.0122. The molecular formula is C13H11NO2S2. The molecule has 0 unspecified atom stereocenters. The van der Waals surface area contributed by atoms with Gasteiger partial charge in [0.15, 0.2) is 0 Å². The van der Waals surface area contributed by atoms with Crippen LogP contribution in [-0.2, 0) is 0 Å². The maximum Gasteiger partial charge on any atom is 0.146 e.